The van der Waals surface area contributed by atoms with Crippen LogP contribution in [0, 0.1) is 5.92 Å². The SMILES string of the molecule is CC(=O)C1=NN(c2cccc(Cl)c2)[C@H]2C(=O)N(c3ccccc3Cl)C(=O)[C@H]12. The molecule has 136 valence electrons. The standard InChI is InChI=1S/C19H13Cl2N3O3/c1-10(25)16-15-17(24(22-16)12-6-4-5-11(20)9-12)19(27)23(18(15)26)14-8-3-2-7-13(14)21/h2-9,15,17H,1H3/t15-,17-/m1/s1. The van der Waals surface area contributed by atoms with E-state index in [0.29, 0.717) is 10.7 Å². The summed E-state index contributed by atoms with van der Waals surface area (Å²) in [6, 6.07) is 12.4. The van der Waals surface area contributed by atoms with Crippen LogP contribution in [0.3, 0.4) is 0 Å². The molecule has 4 rings (SSSR count). The van der Waals surface area contributed by atoms with Crippen molar-refractivity contribution in [1.29, 1.82) is 0 Å². The fourth-order valence-corrected chi connectivity index (χ4v) is 3.81. The Morgan fingerprint density at radius 1 is 1.04 bits per heavy atom. The van der Waals surface area contributed by atoms with Gasteiger partial charge in [0, 0.05) is 11.9 Å². The third-order valence-corrected chi connectivity index (χ3v) is 5.13. The number of nitrogens with zero attached hydrogens (tertiary/aromatic N) is 3. The van der Waals surface area contributed by atoms with Crippen LogP contribution in [-0.2, 0) is 14.4 Å². The lowest BCUT2D eigenvalue weighted by atomic mass is 9.95. The van der Waals surface area contributed by atoms with Gasteiger partial charge in [0.25, 0.3) is 5.91 Å². The predicted octanol–water partition coefficient (Wildman–Crippen LogP) is 3.32. The van der Waals surface area contributed by atoms with Gasteiger partial charge in [-0.3, -0.25) is 19.4 Å². The minimum Gasteiger partial charge on any atom is -0.293 e. The Morgan fingerprint density at radius 2 is 1.78 bits per heavy atom. The molecule has 0 spiro atoms. The van der Waals surface area contributed by atoms with Crippen LogP contribution < -0.4 is 9.91 Å². The van der Waals surface area contributed by atoms with Gasteiger partial charge in [-0.05, 0) is 30.3 Å². The minimum absolute atomic E-state index is 0.0490. The first-order chi connectivity index (χ1) is 12.9. The Kier molecular flexibility index (Phi) is 4.25. The number of para-hydroxylation sites is 1. The highest BCUT2D eigenvalue weighted by Gasteiger charge is 2.58. The minimum atomic E-state index is -0.981. The number of amides is 2. The largest absolute Gasteiger partial charge is 0.293 e. The summed E-state index contributed by atoms with van der Waals surface area (Å²) in [7, 11) is 0. The number of anilines is 2. The lowest BCUT2D eigenvalue weighted by molar-refractivity contribution is -0.122. The average Bonchev–Trinajstić information content (AvgIpc) is 3.14. The highest BCUT2D eigenvalue weighted by molar-refractivity contribution is 6.49. The summed E-state index contributed by atoms with van der Waals surface area (Å²) in [5, 5.41) is 6.40. The molecule has 1 fully saturated rings. The lowest BCUT2D eigenvalue weighted by Crippen LogP contribution is -2.39. The number of rotatable bonds is 3. The molecule has 0 aromatic heterocycles. The van der Waals surface area contributed by atoms with E-state index < -0.39 is 23.8 Å². The first-order valence-corrected chi connectivity index (χ1v) is 8.92. The summed E-state index contributed by atoms with van der Waals surface area (Å²) >= 11 is 12.2. The van der Waals surface area contributed by atoms with Gasteiger partial charge in [-0.2, -0.15) is 5.10 Å². The zero-order valence-corrected chi connectivity index (χ0v) is 15.6. The quantitative estimate of drug-likeness (QED) is 0.739. The number of hydrogen-bond acceptors (Lipinski definition) is 5. The van der Waals surface area contributed by atoms with E-state index in [1.165, 1.54) is 11.9 Å². The summed E-state index contributed by atoms with van der Waals surface area (Å²) in [6.07, 6.45) is 0. The van der Waals surface area contributed by atoms with Crippen LogP contribution in [0.4, 0.5) is 11.4 Å². The number of hydrazone groups is 1. The molecule has 0 aliphatic carbocycles. The molecule has 27 heavy (non-hydrogen) atoms. The summed E-state index contributed by atoms with van der Waals surface area (Å²) in [5.74, 6) is -2.35. The summed E-state index contributed by atoms with van der Waals surface area (Å²) < 4.78 is 0. The Labute approximate surface area is 165 Å². The van der Waals surface area contributed by atoms with E-state index in [4.69, 9.17) is 23.2 Å². The topological polar surface area (TPSA) is 70.1 Å². The van der Waals surface area contributed by atoms with Crippen molar-refractivity contribution >= 4 is 57.9 Å². The Bertz CT molecular complexity index is 1020. The van der Waals surface area contributed by atoms with E-state index in [1.807, 2.05) is 0 Å². The molecular formula is C19H13Cl2N3O3. The molecule has 0 unspecified atom stereocenters. The van der Waals surface area contributed by atoms with Gasteiger partial charge in [-0.15, -0.1) is 0 Å². The number of carbonyl (C=O) groups is 3. The number of fused-ring (bicyclic) bond motifs is 1. The van der Waals surface area contributed by atoms with E-state index >= 15 is 0 Å². The van der Waals surface area contributed by atoms with Gasteiger partial charge in [0.1, 0.15) is 17.7 Å². The normalized spacial score (nSPS) is 21.5. The van der Waals surface area contributed by atoms with Crippen molar-refractivity contribution < 1.29 is 14.4 Å². The molecule has 2 aliphatic heterocycles. The Morgan fingerprint density at radius 3 is 2.44 bits per heavy atom. The van der Waals surface area contributed by atoms with Crippen LogP contribution in [0.2, 0.25) is 10.0 Å². The van der Waals surface area contributed by atoms with Gasteiger partial charge in [-0.1, -0.05) is 41.4 Å². The van der Waals surface area contributed by atoms with Gasteiger partial charge < -0.3 is 0 Å². The number of hydrogen-bond donors (Lipinski definition) is 0. The van der Waals surface area contributed by atoms with Crippen LogP contribution in [0.15, 0.2) is 53.6 Å². The fourth-order valence-electron chi connectivity index (χ4n) is 3.41. The maximum Gasteiger partial charge on any atom is 0.259 e. The third kappa shape index (κ3) is 2.72. The maximum atomic E-state index is 13.2. The molecule has 0 radical (unpaired) electrons. The Balaban J connectivity index is 1.83. The van der Waals surface area contributed by atoms with Crippen LogP contribution in [-0.4, -0.2) is 29.4 Å². The van der Waals surface area contributed by atoms with E-state index in [1.54, 1.807) is 48.5 Å². The van der Waals surface area contributed by atoms with Crippen LogP contribution in [0.25, 0.3) is 0 Å². The summed E-state index contributed by atoms with van der Waals surface area (Å²) in [5.41, 5.74) is 0.862. The fraction of sp³-hybridized carbons (Fsp3) is 0.158. The van der Waals surface area contributed by atoms with Crippen LogP contribution in [0.5, 0.6) is 0 Å². The average molecular weight is 402 g/mol. The molecule has 0 bridgehead atoms. The van der Waals surface area contributed by atoms with Crippen molar-refractivity contribution in [3.63, 3.8) is 0 Å². The zero-order valence-electron chi connectivity index (χ0n) is 14.1. The van der Waals surface area contributed by atoms with E-state index in [9.17, 15) is 14.4 Å². The molecule has 2 amide bonds. The first kappa shape index (κ1) is 17.7. The Hall–Kier alpha value is -2.70. The predicted molar refractivity (Wildman–Crippen MR) is 103 cm³/mol. The maximum absolute atomic E-state index is 13.2. The summed E-state index contributed by atoms with van der Waals surface area (Å²) in [4.78, 5) is 39.4. The number of imide groups is 1. The van der Waals surface area contributed by atoms with Crippen LogP contribution in [0.1, 0.15) is 6.92 Å². The van der Waals surface area contributed by atoms with Gasteiger partial charge in [-0.25, -0.2) is 4.90 Å². The number of halogens is 2. The van der Waals surface area contributed by atoms with Gasteiger partial charge in [0.2, 0.25) is 5.91 Å². The van der Waals surface area contributed by atoms with Crippen molar-refractivity contribution in [2.75, 3.05) is 9.91 Å². The zero-order chi connectivity index (χ0) is 19.3. The number of Topliss-reactive ketones (excluding diaryl/α,β-unsaturated/α-hetero) is 1. The molecule has 2 aliphatic rings. The molecule has 0 saturated carbocycles. The molecule has 1 saturated heterocycles. The van der Waals surface area contributed by atoms with E-state index in [2.05, 4.69) is 5.10 Å². The molecule has 6 nitrogen and oxygen atoms in total. The van der Waals surface area contributed by atoms with Gasteiger partial charge in [0.05, 0.1) is 16.4 Å². The lowest BCUT2D eigenvalue weighted by Gasteiger charge is -2.22. The van der Waals surface area contributed by atoms with Crippen molar-refractivity contribution in [3.8, 4) is 0 Å². The summed E-state index contributed by atoms with van der Waals surface area (Å²) in [6.45, 7) is 1.33. The van der Waals surface area contributed by atoms with Gasteiger partial charge in [0.15, 0.2) is 5.78 Å². The van der Waals surface area contributed by atoms with Crippen molar-refractivity contribution in [2.24, 2.45) is 11.0 Å². The number of benzene rings is 2. The van der Waals surface area contributed by atoms with Crippen LogP contribution >= 0.6 is 23.2 Å². The second-order valence-electron chi connectivity index (χ2n) is 6.25. The van der Waals surface area contributed by atoms with Crippen molar-refractivity contribution in [2.45, 2.75) is 13.0 Å². The smallest absolute Gasteiger partial charge is 0.259 e. The number of carbonyl (C=O) groups excluding carboxylic acids is 3. The van der Waals surface area contributed by atoms with Crippen molar-refractivity contribution in [1.82, 2.24) is 0 Å². The molecule has 2 aromatic rings. The monoisotopic (exact) mass is 401 g/mol. The highest BCUT2D eigenvalue weighted by Crippen LogP contribution is 2.40. The molecule has 0 N–H and O–H groups in total. The highest BCUT2D eigenvalue weighted by atomic mass is 35.5. The van der Waals surface area contributed by atoms with Gasteiger partial charge >= 0.3 is 0 Å². The second-order valence-corrected chi connectivity index (χ2v) is 7.10. The van der Waals surface area contributed by atoms with E-state index in [0.717, 1.165) is 4.90 Å². The molecule has 2 heterocycles. The van der Waals surface area contributed by atoms with Crippen molar-refractivity contribution in [3.05, 3.63) is 58.6 Å². The van der Waals surface area contributed by atoms with E-state index in [-0.39, 0.29) is 22.2 Å². The second kappa shape index (κ2) is 6.48. The third-order valence-electron chi connectivity index (χ3n) is 4.58. The first-order valence-electron chi connectivity index (χ1n) is 8.16. The molecule has 8 heteroatoms. The molecular weight excluding hydrogens is 389 g/mol. The molecule has 2 aromatic carbocycles. The number of ketones is 1. The molecule has 2 atom stereocenters.